The van der Waals surface area contributed by atoms with Crippen molar-refractivity contribution in [3.05, 3.63) is 39.9 Å². The first-order chi connectivity index (χ1) is 5.74. The van der Waals surface area contributed by atoms with Gasteiger partial charge in [0.25, 0.3) is 5.69 Å². The number of hydrogen-bond acceptors (Lipinski definition) is 2. The summed E-state index contributed by atoms with van der Waals surface area (Å²) in [5.74, 6) is 2.57. The van der Waals surface area contributed by atoms with Crippen molar-refractivity contribution in [2.24, 2.45) is 0 Å². The summed E-state index contributed by atoms with van der Waals surface area (Å²) >= 11 is 5.14. The lowest BCUT2D eigenvalue weighted by Gasteiger charge is -1.89. The Morgan fingerprint density at radius 2 is 1.92 bits per heavy atom. The topological polar surface area (TPSA) is 43.1 Å². The van der Waals surface area contributed by atoms with Crippen LogP contribution in [0.15, 0.2) is 24.3 Å². The Labute approximate surface area is 74.1 Å². The lowest BCUT2D eigenvalue weighted by molar-refractivity contribution is -0.384. The standard InChI is InChI=1S/C8H4ClNO2/c9-6-5-7-1-3-8(4-2-7)10(11)12/h1-4H. The molecule has 0 radical (unpaired) electrons. The third kappa shape index (κ3) is 1.97. The minimum atomic E-state index is -0.460. The lowest BCUT2D eigenvalue weighted by atomic mass is 10.2. The molecule has 1 rings (SSSR count). The van der Waals surface area contributed by atoms with Gasteiger partial charge in [0.05, 0.1) is 4.92 Å². The van der Waals surface area contributed by atoms with E-state index in [1.165, 1.54) is 12.1 Å². The molecule has 4 heteroatoms. The van der Waals surface area contributed by atoms with Crippen LogP contribution in [0.5, 0.6) is 0 Å². The number of nitro groups is 1. The molecule has 0 aromatic heterocycles. The molecule has 0 spiro atoms. The molecule has 0 N–H and O–H groups in total. The zero-order valence-electron chi connectivity index (χ0n) is 5.95. The number of benzene rings is 1. The molecule has 0 fully saturated rings. The Balaban J connectivity index is 2.98. The third-order valence-electron chi connectivity index (χ3n) is 1.27. The molecule has 60 valence electrons. The second-order valence-electron chi connectivity index (χ2n) is 2.02. The van der Waals surface area contributed by atoms with Crippen LogP contribution in [0.1, 0.15) is 5.56 Å². The van der Waals surface area contributed by atoms with E-state index in [2.05, 4.69) is 11.3 Å². The van der Waals surface area contributed by atoms with Gasteiger partial charge in [0.1, 0.15) is 0 Å². The summed E-state index contributed by atoms with van der Waals surface area (Å²) in [7, 11) is 0. The molecule has 1 aromatic carbocycles. The molecule has 0 amide bonds. The van der Waals surface area contributed by atoms with Crippen LogP contribution in [0.3, 0.4) is 0 Å². The fourth-order valence-electron chi connectivity index (χ4n) is 0.721. The summed E-state index contributed by atoms with van der Waals surface area (Å²) in [6.45, 7) is 0. The number of halogens is 1. The number of non-ortho nitro benzene ring substituents is 1. The van der Waals surface area contributed by atoms with Gasteiger partial charge in [-0.05, 0) is 29.7 Å². The minimum absolute atomic E-state index is 0.0510. The van der Waals surface area contributed by atoms with Crippen LogP contribution in [-0.2, 0) is 0 Å². The first-order valence-corrected chi connectivity index (χ1v) is 3.48. The number of nitro benzene ring substituents is 1. The maximum absolute atomic E-state index is 10.2. The van der Waals surface area contributed by atoms with E-state index in [1.54, 1.807) is 12.1 Å². The predicted molar refractivity (Wildman–Crippen MR) is 45.8 cm³/mol. The zero-order chi connectivity index (χ0) is 8.97. The van der Waals surface area contributed by atoms with Crippen molar-refractivity contribution >= 4 is 17.3 Å². The van der Waals surface area contributed by atoms with Crippen LogP contribution in [0.2, 0.25) is 0 Å². The van der Waals surface area contributed by atoms with Crippen molar-refractivity contribution in [3.8, 4) is 11.3 Å². The van der Waals surface area contributed by atoms with Gasteiger partial charge in [-0.25, -0.2) is 0 Å². The van der Waals surface area contributed by atoms with Crippen LogP contribution < -0.4 is 0 Å². The van der Waals surface area contributed by atoms with E-state index >= 15 is 0 Å². The van der Waals surface area contributed by atoms with Crippen molar-refractivity contribution in [2.45, 2.75) is 0 Å². The minimum Gasteiger partial charge on any atom is -0.258 e. The predicted octanol–water partition coefficient (Wildman–Crippen LogP) is 2.14. The van der Waals surface area contributed by atoms with E-state index in [9.17, 15) is 10.1 Å². The van der Waals surface area contributed by atoms with E-state index in [0.717, 1.165) is 0 Å². The molecule has 0 aliphatic heterocycles. The van der Waals surface area contributed by atoms with Crippen LogP contribution >= 0.6 is 11.6 Å². The highest BCUT2D eigenvalue weighted by Gasteiger charge is 2.01. The molecule has 12 heavy (non-hydrogen) atoms. The van der Waals surface area contributed by atoms with Crippen molar-refractivity contribution in [1.82, 2.24) is 0 Å². The summed E-state index contributed by atoms with van der Waals surface area (Å²) in [4.78, 5) is 9.75. The molecule has 0 saturated heterocycles. The first-order valence-electron chi connectivity index (χ1n) is 3.10. The number of hydrogen-bond donors (Lipinski definition) is 0. The first kappa shape index (κ1) is 8.57. The molecule has 0 atom stereocenters. The molecule has 0 aliphatic carbocycles. The smallest absolute Gasteiger partial charge is 0.258 e. The summed E-state index contributed by atoms with van der Waals surface area (Å²) in [5.41, 5.74) is 0.714. The molecule has 3 nitrogen and oxygen atoms in total. The molecule has 0 unspecified atom stereocenters. The average molecular weight is 182 g/mol. The summed E-state index contributed by atoms with van der Waals surface area (Å²) in [6.07, 6.45) is 0. The van der Waals surface area contributed by atoms with Crippen molar-refractivity contribution < 1.29 is 4.92 Å². The highest BCUT2D eigenvalue weighted by molar-refractivity contribution is 6.30. The highest BCUT2D eigenvalue weighted by atomic mass is 35.5. The second kappa shape index (κ2) is 3.74. The van der Waals surface area contributed by atoms with Crippen LogP contribution in [0, 0.1) is 21.4 Å². The normalized spacial score (nSPS) is 8.42. The van der Waals surface area contributed by atoms with Crippen molar-refractivity contribution in [3.63, 3.8) is 0 Å². The number of rotatable bonds is 1. The zero-order valence-corrected chi connectivity index (χ0v) is 6.71. The Bertz CT molecular complexity index is 348. The van der Waals surface area contributed by atoms with Gasteiger partial charge in [-0.15, -0.1) is 0 Å². The van der Waals surface area contributed by atoms with Gasteiger partial charge in [0.2, 0.25) is 0 Å². The Hall–Kier alpha value is -1.53. The van der Waals surface area contributed by atoms with Gasteiger partial charge in [-0.1, -0.05) is 0 Å². The fourth-order valence-corrected chi connectivity index (χ4v) is 0.830. The SMILES string of the molecule is O=[N+]([O-])c1ccc(C#CCl)cc1. The van der Waals surface area contributed by atoms with Crippen molar-refractivity contribution in [2.75, 3.05) is 0 Å². The maximum Gasteiger partial charge on any atom is 0.269 e. The Morgan fingerprint density at radius 1 is 1.33 bits per heavy atom. The second-order valence-corrected chi connectivity index (χ2v) is 2.21. The van der Waals surface area contributed by atoms with E-state index in [4.69, 9.17) is 11.6 Å². The number of nitrogens with zero attached hydrogens (tertiary/aromatic N) is 1. The largest absolute Gasteiger partial charge is 0.269 e. The van der Waals surface area contributed by atoms with E-state index in [-0.39, 0.29) is 5.69 Å². The van der Waals surface area contributed by atoms with E-state index in [0.29, 0.717) is 5.56 Å². The quantitative estimate of drug-likeness (QED) is 0.379. The van der Waals surface area contributed by atoms with Crippen molar-refractivity contribution in [1.29, 1.82) is 0 Å². The van der Waals surface area contributed by atoms with Gasteiger partial charge >= 0.3 is 0 Å². The third-order valence-corrected chi connectivity index (χ3v) is 1.36. The van der Waals surface area contributed by atoms with Gasteiger partial charge < -0.3 is 0 Å². The lowest BCUT2D eigenvalue weighted by Crippen LogP contribution is -1.86. The van der Waals surface area contributed by atoms with Gasteiger partial charge in [0, 0.05) is 23.1 Å². The Kier molecular flexibility index (Phi) is 2.67. The van der Waals surface area contributed by atoms with E-state index < -0.39 is 4.92 Å². The average Bonchev–Trinajstić information content (AvgIpc) is 2.06. The molecular formula is C8H4ClNO2. The summed E-state index contributed by atoms with van der Waals surface area (Å²) in [6, 6.07) is 5.87. The van der Waals surface area contributed by atoms with Crippen LogP contribution in [0.25, 0.3) is 0 Å². The maximum atomic E-state index is 10.2. The van der Waals surface area contributed by atoms with Crippen LogP contribution in [-0.4, -0.2) is 4.92 Å². The summed E-state index contributed by atoms with van der Waals surface area (Å²) < 4.78 is 0. The monoisotopic (exact) mass is 181 g/mol. The molecule has 0 heterocycles. The van der Waals surface area contributed by atoms with E-state index in [1.807, 2.05) is 0 Å². The van der Waals surface area contributed by atoms with Gasteiger partial charge in [-0.2, -0.15) is 0 Å². The van der Waals surface area contributed by atoms with Gasteiger partial charge in [-0.3, -0.25) is 10.1 Å². The molecule has 0 saturated carbocycles. The Morgan fingerprint density at radius 3 is 2.33 bits per heavy atom. The molecule has 0 aliphatic rings. The van der Waals surface area contributed by atoms with Gasteiger partial charge in [0.15, 0.2) is 0 Å². The highest BCUT2D eigenvalue weighted by Crippen LogP contribution is 2.10. The van der Waals surface area contributed by atoms with Crippen LogP contribution in [0.4, 0.5) is 5.69 Å². The molecule has 0 bridgehead atoms. The molecular weight excluding hydrogens is 178 g/mol. The summed E-state index contributed by atoms with van der Waals surface area (Å²) in [5, 5.41) is 12.4. The molecule has 1 aromatic rings. The fraction of sp³-hybridized carbons (Fsp3) is 0.